The van der Waals surface area contributed by atoms with Crippen molar-refractivity contribution in [1.82, 2.24) is 19.3 Å². The van der Waals surface area contributed by atoms with Gasteiger partial charge in [-0.2, -0.15) is 4.31 Å². The molecule has 0 N–H and O–H groups in total. The minimum absolute atomic E-state index is 0.0189. The maximum absolute atomic E-state index is 14.2. The second-order valence-corrected chi connectivity index (χ2v) is 8.60. The van der Waals surface area contributed by atoms with Crippen molar-refractivity contribution < 1.29 is 17.5 Å². The number of rotatable bonds is 5. The highest BCUT2D eigenvalue weighted by atomic mass is 32.2. The van der Waals surface area contributed by atoms with Gasteiger partial charge in [0.05, 0.1) is 23.7 Å². The molecule has 2 saturated heterocycles. The Hall–Kier alpha value is -2.00. The Morgan fingerprint density at radius 3 is 2.54 bits per heavy atom. The van der Waals surface area contributed by atoms with E-state index in [0.29, 0.717) is 19.4 Å². The standard InChI is InChI=1S/C17H21FN4O3S/c1-2-25-17-6-5-15(11-16(17)18)26(23,24)22-12-3-4-13(22)10-14(9-12)21-8-7-19-20-21/h5-8,11-14H,2-4,9-10H2,1H3. The van der Waals surface area contributed by atoms with Crippen molar-refractivity contribution >= 4 is 10.0 Å². The van der Waals surface area contributed by atoms with E-state index in [0.717, 1.165) is 18.9 Å². The summed E-state index contributed by atoms with van der Waals surface area (Å²) in [7, 11) is -3.75. The summed E-state index contributed by atoms with van der Waals surface area (Å²) in [6.45, 7) is 2.07. The molecule has 3 heterocycles. The third-order valence-electron chi connectivity index (χ3n) is 5.23. The van der Waals surface area contributed by atoms with Gasteiger partial charge in [0.25, 0.3) is 0 Å². The molecule has 1 aromatic heterocycles. The largest absolute Gasteiger partial charge is 0.491 e. The number of piperidine rings is 1. The summed E-state index contributed by atoms with van der Waals surface area (Å²) < 4.78 is 49.0. The number of hydrogen-bond acceptors (Lipinski definition) is 5. The van der Waals surface area contributed by atoms with Crippen molar-refractivity contribution in [2.24, 2.45) is 0 Å². The molecule has 0 spiro atoms. The van der Waals surface area contributed by atoms with E-state index in [1.807, 2.05) is 10.9 Å². The van der Waals surface area contributed by atoms with E-state index in [2.05, 4.69) is 10.3 Å². The molecule has 2 fully saturated rings. The molecule has 0 aliphatic carbocycles. The molecule has 2 atom stereocenters. The van der Waals surface area contributed by atoms with E-state index >= 15 is 0 Å². The van der Waals surface area contributed by atoms with Crippen LogP contribution in [0.2, 0.25) is 0 Å². The van der Waals surface area contributed by atoms with Gasteiger partial charge in [-0.1, -0.05) is 5.21 Å². The minimum Gasteiger partial charge on any atom is -0.491 e. The van der Waals surface area contributed by atoms with Crippen LogP contribution in [0.5, 0.6) is 5.75 Å². The van der Waals surface area contributed by atoms with E-state index in [4.69, 9.17) is 4.74 Å². The van der Waals surface area contributed by atoms with Crippen molar-refractivity contribution in [3.63, 3.8) is 0 Å². The maximum atomic E-state index is 14.2. The zero-order valence-electron chi connectivity index (χ0n) is 14.5. The van der Waals surface area contributed by atoms with Gasteiger partial charge in [-0.05, 0) is 50.8 Å². The first-order valence-corrected chi connectivity index (χ1v) is 10.3. The normalized spacial score (nSPS) is 26.2. The zero-order chi connectivity index (χ0) is 18.3. The van der Waals surface area contributed by atoms with E-state index < -0.39 is 15.8 Å². The molecule has 2 aliphatic rings. The van der Waals surface area contributed by atoms with E-state index in [-0.39, 0.29) is 28.8 Å². The van der Waals surface area contributed by atoms with Crippen LogP contribution in [-0.4, -0.2) is 46.4 Å². The van der Waals surface area contributed by atoms with Crippen molar-refractivity contribution in [2.75, 3.05) is 6.61 Å². The SMILES string of the molecule is CCOc1ccc(S(=O)(=O)N2C3CCC2CC(n2ccnn2)C3)cc1F. The molecule has 2 aliphatic heterocycles. The quantitative estimate of drug-likeness (QED) is 0.796. The van der Waals surface area contributed by atoms with Gasteiger partial charge >= 0.3 is 0 Å². The van der Waals surface area contributed by atoms with Crippen LogP contribution in [0.25, 0.3) is 0 Å². The number of sulfonamides is 1. The van der Waals surface area contributed by atoms with E-state index in [1.54, 1.807) is 17.4 Å². The van der Waals surface area contributed by atoms with E-state index in [1.165, 1.54) is 12.1 Å². The molecule has 0 saturated carbocycles. The fourth-order valence-electron chi connectivity index (χ4n) is 4.16. The second kappa shape index (κ2) is 6.62. The van der Waals surface area contributed by atoms with Gasteiger partial charge in [0.1, 0.15) is 0 Å². The summed E-state index contributed by atoms with van der Waals surface area (Å²) in [5, 5.41) is 7.90. The summed E-state index contributed by atoms with van der Waals surface area (Å²) in [4.78, 5) is -0.0189. The number of hydrogen-bond donors (Lipinski definition) is 0. The highest BCUT2D eigenvalue weighted by Gasteiger charge is 2.47. The molecule has 2 unspecified atom stereocenters. The first kappa shape index (κ1) is 17.4. The number of aromatic nitrogens is 3. The van der Waals surface area contributed by atoms with Crippen LogP contribution < -0.4 is 4.74 Å². The van der Waals surface area contributed by atoms with Crippen molar-refractivity contribution in [3.8, 4) is 5.75 Å². The van der Waals surface area contributed by atoms with Gasteiger partial charge in [0.15, 0.2) is 11.6 Å². The molecular formula is C17H21FN4O3S. The highest BCUT2D eigenvalue weighted by Crippen LogP contribution is 2.43. The third-order valence-corrected chi connectivity index (χ3v) is 7.24. The Bertz CT molecular complexity index is 873. The van der Waals surface area contributed by atoms with Crippen LogP contribution in [0.3, 0.4) is 0 Å². The summed E-state index contributed by atoms with van der Waals surface area (Å²) >= 11 is 0. The van der Waals surface area contributed by atoms with Crippen LogP contribution in [0.1, 0.15) is 38.6 Å². The van der Waals surface area contributed by atoms with Gasteiger partial charge in [0, 0.05) is 18.3 Å². The number of halogens is 1. The third kappa shape index (κ3) is 2.88. The lowest BCUT2D eigenvalue weighted by Crippen LogP contribution is -2.46. The van der Waals surface area contributed by atoms with Gasteiger partial charge in [-0.3, -0.25) is 0 Å². The Morgan fingerprint density at radius 1 is 1.23 bits per heavy atom. The summed E-state index contributed by atoms with van der Waals surface area (Å²) in [6, 6.07) is 3.83. The lowest BCUT2D eigenvalue weighted by atomic mass is 10.00. The number of nitrogens with zero attached hydrogens (tertiary/aromatic N) is 4. The average Bonchev–Trinajstić information content (AvgIpc) is 3.24. The average molecular weight is 380 g/mol. The molecule has 26 heavy (non-hydrogen) atoms. The zero-order valence-corrected chi connectivity index (χ0v) is 15.3. The van der Waals surface area contributed by atoms with Crippen LogP contribution in [-0.2, 0) is 10.0 Å². The molecule has 0 radical (unpaired) electrons. The Kier molecular flexibility index (Phi) is 4.44. The Balaban J connectivity index is 1.60. The van der Waals surface area contributed by atoms with Crippen LogP contribution >= 0.6 is 0 Å². The molecule has 2 bridgehead atoms. The molecule has 7 nitrogen and oxygen atoms in total. The summed E-state index contributed by atoms with van der Waals surface area (Å²) in [5.74, 6) is -0.586. The van der Waals surface area contributed by atoms with Crippen molar-refractivity contribution in [3.05, 3.63) is 36.4 Å². The number of ether oxygens (including phenoxy) is 1. The molecule has 4 rings (SSSR count). The van der Waals surface area contributed by atoms with Crippen molar-refractivity contribution in [1.29, 1.82) is 0 Å². The monoisotopic (exact) mass is 380 g/mol. The van der Waals surface area contributed by atoms with Crippen molar-refractivity contribution in [2.45, 2.75) is 55.6 Å². The number of fused-ring (bicyclic) bond motifs is 2. The Morgan fingerprint density at radius 2 is 1.96 bits per heavy atom. The van der Waals surface area contributed by atoms with Gasteiger partial charge in [-0.15, -0.1) is 5.10 Å². The van der Waals surface area contributed by atoms with Gasteiger partial charge in [0.2, 0.25) is 10.0 Å². The molecular weight excluding hydrogens is 359 g/mol. The lowest BCUT2D eigenvalue weighted by molar-refractivity contribution is 0.183. The fraction of sp³-hybridized carbons (Fsp3) is 0.529. The predicted molar refractivity (Wildman–Crippen MR) is 91.7 cm³/mol. The minimum atomic E-state index is -3.75. The summed E-state index contributed by atoms with van der Waals surface area (Å²) in [5.41, 5.74) is 0. The Labute approximate surface area is 151 Å². The van der Waals surface area contributed by atoms with Crippen LogP contribution in [0, 0.1) is 5.82 Å². The second-order valence-electron chi connectivity index (χ2n) is 6.75. The van der Waals surface area contributed by atoms with Gasteiger partial charge < -0.3 is 4.74 Å². The lowest BCUT2D eigenvalue weighted by Gasteiger charge is -2.37. The molecule has 0 amide bonds. The van der Waals surface area contributed by atoms with Crippen LogP contribution in [0.4, 0.5) is 4.39 Å². The highest BCUT2D eigenvalue weighted by molar-refractivity contribution is 7.89. The molecule has 140 valence electrons. The topological polar surface area (TPSA) is 77.3 Å². The first-order chi connectivity index (χ1) is 12.5. The van der Waals surface area contributed by atoms with Gasteiger partial charge in [-0.25, -0.2) is 17.5 Å². The molecule has 1 aromatic carbocycles. The predicted octanol–water partition coefficient (Wildman–Crippen LogP) is 2.37. The summed E-state index contributed by atoms with van der Waals surface area (Å²) in [6.07, 6.45) is 6.46. The smallest absolute Gasteiger partial charge is 0.243 e. The molecule has 2 aromatic rings. The molecule has 9 heteroatoms. The van der Waals surface area contributed by atoms with E-state index in [9.17, 15) is 12.8 Å². The maximum Gasteiger partial charge on any atom is 0.243 e. The number of benzene rings is 1. The fourth-order valence-corrected chi connectivity index (χ4v) is 6.07. The van der Waals surface area contributed by atoms with Crippen LogP contribution in [0.15, 0.2) is 35.5 Å². The first-order valence-electron chi connectivity index (χ1n) is 8.82.